The summed E-state index contributed by atoms with van der Waals surface area (Å²) >= 11 is 1.18. The fraction of sp³-hybridized carbons (Fsp3) is 0. The number of anilines is 1. The Morgan fingerprint density at radius 1 is 1.33 bits per heavy atom. The number of carbonyl (C=O) groups is 1. The Morgan fingerprint density at radius 3 is 2.53 bits per heavy atom. The molecule has 0 bridgehead atoms. The van der Waals surface area contributed by atoms with Crippen LogP contribution in [0.2, 0.25) is 0 Å². The van der Waals surface area contributed by atoms with Crippen LogP contribution in [0.3, 0.4) is 0 Å². The number of hydrogen-bond donors (Lipinski definition) is 2. The predicted octanol–water partition coefficient (Wildman–Crippen LogP) is 2.09. The van der Waals surface area contributed by atoms with Gasteiger partial charge in [0.1, 0.15) is 10.0 Å². The summed E-state index contributed by atoms with van der Waals surface area (Å²) in [6.45, 7) is 0. The van der Waals surface area contributed by atoms with E-state index in [1.165, 1.54) is 11.3 Å². The van der Waals surface area contributed by atoms with Crippen molar-refractivity contribution in [2.45, 2.75) is 0 Å². The smallest absolute Gasteiger partial charge is 0.357 e. The van der Waals surface area contributed by atoms with Crippen LogP contribution >= 0.6 is 11.3 Å². The van der Waals surface area contributed by atoms with Crippen LogP contribution < -0.4 is 5.73 Å². The minimum Gasteiger partial charge on any atom is -0.476 e. The third kappa shape index (κ3) is 1.82. The summed E-state index contributed by atoms with van der Waals surface area (Å²) in [5, 5.41) is 9.66. The number of carboxylic acids is 1. The van der Waals surface area contributed by atoms with Gasteiger partial charge in [-0.2, -0.15) is 0 Å². The van der Waals surface area contributed by atoms with Crippen LogP contribution in [0.5, 0.6) is 0 Å². The van der Waals surface area contributed by atoms with E-state index in [-0.39, 0.29) is 10.7 Å². The number of hydrogen-bond acceptors (Lipinski definition) is 4. The molecule has 0 fully saturated rings. The maximum atomic E-state index is 10.7. The lowest BCUT2D eigenvalue weighted by Gasteiger charge is -1.92. The van der Waals surface area contributed by atoms with Crippen molar-refractivity contribution in [3.05, 3.63) is 36.0 Å². The zero-order chi connectivity index (χ0) is 10.8. The molecule has 0 aliphatic heterocycles. The fourth-order valence-electron chi connectivity index (χ4n) is 1.19. The number of rotatable bonds is 2. The van der Waals surface area contributed by atoms with E-state index in [1.54, 1.807) is 0 Å². The maximum Gasteiger partial charge on any atom is 0.357 e. The molecule has 0 aliphatic carbocycles. The van der Waals surface area contributed by atoms with Crippen LogP contribution in [0.25, 0.3) is 10.6 Å². The van der Waals surface area contributed by atoms with Crippen LogP contribution in [-0.2, 0) is 0 Å². The van der Waals surface area contributed by atoms with Crippen LogP contribution in [0, 0.1) is 0 Å². The minimum atomic E-state index is -1.09. The molecule has 0 aliphatic rings. The van der Waals surface area contributed by atoms with Crippen LogP contribution in [0.1, 0.15) is 10.5 Å². The van der Waals surface area contributed by atoms with E-state index in [0.29, 0.717) is 5.01 Å². The summed E-state index contributed by atoms with van der Waals surface area (Å²) in [7, 11) is 0. The van der Waals surface area contributed by atoms with Gasteiger partial charge in [-0.3, -0.25) is 0 Å². The van der Waals surface area contributed by atoms with Crippen molar-refractivity contribution in [2.75, 3.05) is 5.73 Å². The molecule has 0 amide bonds. The Morgan fingerprint density at radius 2 is 2.00 bits per heavy atom. The van der Waals surface area contributed by atoms with E-state index in [1.807, 2.05) is 30.3 Å². The highest BCUT2D eigenvalue weighted by molar-refractivity contribution is 7.19. The molecule has 1 aromatic carbocycles. The van der Waals surface area contributed by atoms with Crippen LogP contribution in [-0.4, -0.2) is 16.1 Å². The summed E-state index contributed by atoms with van der Waals surface area (Å²) in [5.41, 5.74) is 6.36. The van der Waals surface area contributed by atoms with E-state index < -0.39 is 5.97 Å². The monoisotopic (exact) mass is 220 g/mol. The van der Waals surface area contributed by atoms with Gasteiger partial charge in [-0.1, -0.05) is 41.7 Å². The van der Waals surface area contributed by atoms with Gasteiger partial charge in [-0.15, -0.1) is 0 Å². The van der Waals surface area contributed by atoms with Gasteiger partial charge in [0.2, 0.25) is 0 Å². The molecule has 76 valence electrons. The van der Waals surface area contributed by atoms with Gasteiger partial charge >= 0.3 is 5.97 Å². The van der Waals surface area contributed by atoms with Crippen molar-refractivity contribution in [1.82, 2.24) is 4.98 Å². The number of aromatic carboxylic acids is 1. The molecule has 15 heavy (non-hydrogen) atoms. The lowest BCUT2D eigenvalue weighted by Crippen LogP contribution is -2.00. The number of aromatic nitrogens is 1. The normalized spacial score (nSPS) is 10.1. The van der Waals surface area contributed by atoms with Gasteiger partial charge in [0.05, 0.1) is 0 Å². The second kappa shape index (κ2) is 3.70. The van der Waals surface area contributed by atoms with Crippen molar-refractivity contribution in [3.8, 4) is 10.6 Å². The molecule has 0 saturated heterocycles. The lowest BCUT2D eigenvalue weighted by atomic mass is 10.2. The Kier molecular flexibility index (Phi) is 2.39. The number of nitrogens with two attached hydrogens (primary N) is 1. The highest BCUT2D eigenvalue weighted by atomic mass is 32.1. The molecule has 0 spiro atoms. The largest absolute Gasteiger partial charge is 0.476 e. The quantitative estimate of drug-likeness (QED) is 0.812. The first-order valence-corrected chi connectivity index (χ1v) is 5.05. The second-order valence-electron chi connectivity index (χ2n) is 2.90. The third-order valence-corrected chi connectivity index (χ3v) is 2.81. The first kappa shape index (κ1) is 9.67. The maximum absolute atomic E-state index is 10.7. The predicted molar refractivity (Wildman–Crippen MR) is 58.9 cm³/mol. The van der Waals surface area contributed by atoms with Gasteiger partial charge in [0.25, 0.3) is 0 Å². The highest BCUT2D eigenvalue weighted by Gasteiger charge is 2.15. The van der Waals surface area contributed by atoms with E-state index in [9.17, 15) is 4.79 Å². The molecule has 0 radical (unpaired) electrons. The molecule has 3 N–H and O–H groups in total. The van der Waals surface area contributed by atoms with Gasteiger partial charge in [0, 0.05) is 5.56 Å². The molecule has 0 unspecified atom stereocenters. The molecule has 4 nitrogen and oxygen atoms in total. The number of benzene rings is 1. The highest BCUT2D eigenvalue weighted by Crippen LogP contribution is 2.29. The summed E-state index contributed by atoms with van der Waals surface area (Å²) in [6.07, 6.45) is 0. The van der Waals surface area contributed by atoms with Crippen LogP contribution in [0.15, 0.2) is 30.3 Å². The van der Waals surface area contributed by atoms with Crippen molar-refractivity contribution < 1.29 is 9.90 Å². The number of nitrogens with zero attached hydrogens (tertiary/aromatic N) is 1. The van der Waals surface area contributed by atoms with Gasteiger partial charge < -0.3 is 10.8 Å². The van der Waals surface area contributed by atoms with Gasteiger partial charge in [0.15, 0.2) is 5.69 Å². The summed E-state index contributed by atoms with van der Waals surface area (Å²) in [6, 6.07) is 9.35. The standard InChI is InChI=1S/C10H8N2O2S/c11-8-7(10(13)14)12-9(15-8)6-4-2-1-3-5-6/h1-5H,11H2,(H,13,14). The SMILES string of the molecule is Nc1sc(-c2ccccc2)nc1C(=O)O. The summed E-state index contributed by atoms with van der Waals surface area (Å²) < 4.78 is 0. The zero-order valence-electron chi connectivity index (χ0n) is 7.68. The van der Waals surface area contributed by atoms with Crippen molar-refractivity contribution >= 4 is 22.3 Å². The first-order valence-electron chi connectivity index (χ1n) is 4.23. The number of nitrogen functional groups attached to an aromatic ring is 1. The molecule has 2 rings (SSSR count). The number of thiazole rings is 1. The number of carboxylic acid groups (broad SMARTS) is 1. The van der Waals surface area contributed by atoms with E-state index in [0.717, 1.165) is 5.56 Å². The third-order valence-electron chi connectivity index (χ3n) is 1.88. The topological polar surface area (TPSA) is 76.2 Å². The Labute approximate surface area is 90.0 Å². The Hall–Kier alpha value is -1.88. The first-order chi connectivity index (χ1) is 7.18. The molecule has 5 heteroatoms. The minimum absolute atomic E-state index is 0.0705. The summed E-state index contributed by atoms with van der Waals surface area (Å²) in [5.74, 6) is -1.09. The zero-order valence-corrected chi connectivity index (χ0v) is 8.49. The lowest BCUT2D eigenvalue weighted by molar-refractivity contribution is 0.0692. The molecular weight excluding hydrogens is 212 g/mol. The second-order valence-corrected chi connectivity index (χ2v) is 3.93. The Bertz CT molecular complexity index is 493. The van der Waals surface area contributed by atoms with Crippen molar-refractivity contribution in [1.29, 1.82) is 0 Å². The average molecular weight is 220 g/mol. The van der Waals surface area contributed by atoms with Gasteiger partial charge in [-0.05, 0) is 0 Å². The molecule has 1 aromatic heterocycles. The van der Waals surface area contributed by atoms with E-state index in [2.05, 4.69) is 4.98 Å². The van der Waals surface area contributed by atoms with Gasteiger partial charge in [-0.25, -0.2) is 9.78 Å². The molecule has 1 heterocycles. The average Bonchev–Trinajstić information content (AvgIpc) is 2.62. The van der Waals surface area contributed by atoms with Crippen molar-refractivity contribution in [2.24, 2.45) is 0 Å². The molecular formula is C10H8N2O2S. The van der Waals surface area contributed by atoms with E-state index in [4.69, 9.17) is 10.8 Å². The molecule has 0 atom stereocenters. The fourth-order valence-corrected chi connectivity index (χ4v) is 2.02. The van der Waals surface area contributed by atoms with E-state index >= 15 is 0 Å². The van der Waals surface area contributed by atoms with Crippen molar-refractivity contribution in [3.63, 3.8) is 0 Å². The summed E-state index contributed by atoms with van der Waals surface area (Å²) in [4.78, 5) is 14.7. The van der Waals surface area contributed by atoms with Crippen LogP contribution in [0.4, 0.5) is 5.00 Å². The molecule has 2 aromatic rings. The molecule has 0 saturated carbocycles. The Balaban J connectivity index is 2.48.